The SMILES string of the molecule is COC(=O)c1ccc(NC(=O)C(=O)NCC(c2ccc(N(C)C)cc2)N(C)C)cc1. The van der Waals surface area contributed by atoms with Gasteiger partial charge in [0, 0.05) is 32.0 Å². The molecular weight excluding hydrogens is 384 g/mol. The van der Waals surface area contributed by atoms with Crippen molar-refractivity contribution in [3.8, 4) is 0 Å². The third-order valence-corrected chi connectivity index (χ3v) is 4.64. The van der Waals surface area contributed by atoms with E-state index in [1.807, 2.05) is 62.3 Å². The minimum absolute atomic E-state index is 0.0858. The Morgan fingerprint density at radius 3 is 2.00 bits per heavy atom. The summed E-state index contributed by atoms with van der Waals surface area (Å²) in [6, 6.07) is 14.1. The number of nitrogens with one attached hydrogen (secondary N) is 2. The normalized spacial score (nSPS) is 11.5. The summed E-state index contributed by atoms with van der Waals surface area (Å²) >= 11 is 0. The van der Waals surface area contributed by atoms with Crippen molar-refractivity contribution in [1.29, 1.82) is 0 Å². The van der Waals surface area contributed by atoms with Crippen LogP contribution in [0.5, 0.6) is 0 Å². The van der Waals surface area contributed by atoms with Crippen molar-refractivity contribution in [2.24, 2.45) is 0 Å². The average molecular weight is 412 g/mol. The van der Waals surface area contributed by atoms with Crippen molar-refractivity contribution in [2.75, 3.05) is 52.1 Å². The Kier molecular flexibility index (Phi) is 7.94. The van der Waals surface area contributed by atoms with Crippen LogP contribution in [0.1, 0.15) is 22.0 Å². The molecule has 0 aromatic heterocycles. The largest absolute Gasteiger partial charge is 0.465 e. The molecule has 0 aliphatic heterocycles. The van der Waals surface area contributed by atoms with E-state index in [1.165, 1.54) is 31.4 Å². The monoisotopic (exact) mass is 412 g/mol. The predicted molar refractivity (Wildman–Crippen MR) is 117 cm³/mol. The zero-order valence-corrected chi connectivity index (χ0v) is 17.9. The van der Waals surface area contributed by atoms with Gasteiger partial charge in [0.2, 0.25) is 0 Å². The maximum atomic E-state index is 12.2. The van der Waals surface area contributed by atoms with Crippen LogP contribution in [-0.2, 0) is 14.3 Å². The van der Waals surface area contributed by atoms with E-state index in [2.05, 4.69) is 15.4 Å². The number of hydrogen-bond donors (Lipinski definition) is 2. The summed E-state index contributed by atoms with van der Waals surface area (Å²) in [6.45, 7) is 0.280. The van der Waals surface area contributed by atoms with Gasteiger partial charge in [-0.15, -0.1) is 0 Å². The molecule has 1 atom stereocenters. The second-order valence-corrected chi connectivity index (χ2v) is 7.20. The number of carbonyl (C=O) groups is 3. The molecule has 2 aromatic carbocycles. The Labute approximate surface area is 176 Å². The van der Waals surface area contributed by atoms with E-state index < -0.39 is 17.8 Å². The number of esters is 1. The zero-order valence-electron chi connectivity index (χ0n) is 17.9. The smallest absolute Gasteiger partial charge is 0.337 e. The standard InChI is InChI=1S/C22H28N4O4/c1-25(2)18-12-8-15(9-13-18)19(26(3)4)14-23-20(27)21(28)24-17-10-6-16(7-11-17)22(29)30-5/h6-13,19H,14H2,1-5H3,(H,23,27)(H,24,28). The lowest BCUT2D eigenvalue weighted by atomic mass is 10.1. The van der Waals surface area contributed by atoms with E-state index in [0.717, 1.165) is 11.3 Å². The summed E-state index contributed by atoms with van der Waals surface area (Å²) in [5, 5.41) is 5.20. The van der Waals surface area contributed by atoms with Crippen LogP contribution in [0.4, 0.5) is 11.4 Å². The minimum atomic E-state index is -0.777. The van der Waals surface area contributed by atoms with Gasteiger partial charge in [-0.1, -0.05) is 12.1 Å². The zero-order chi connectivity index (χ0) is 22.3. The maximum absolute atomic E-state index is 12.2. The van der Waals surface area contributed by atoms with E-state index in [1.54, 1.807) is 0 Å². The molecular formula is C22H28N4O4. The van der Waals surface area contributed by atoms with Crippen LogP contribution in [0.3, 0.4) is 0 Å². The molecule has 30 heavy (non-hydrogen) atoms. The van der Waals surface area contributed by atoms with E-state index in [4.69, 9.17) is 0 Å². The number of likely N-dealkylation sites (N-methyl/N-ethyl adjacent to an activating group) is 1. The van der Waals surface area contributed by atoms with Crippen LogP contribution >= 0.6 is 0 Å². The first-order valence-corrected chi connectivity index (χ1v) is 9.44. The quantitative estimate of drug-likeness (QED) is 0.533. The summed E-state index contributed by atoms with van der Waals surface area (Å²) in [4.78, 5) is 39.9. The molecule has 8 nitrogen and oxygen atoms in total. The molecule has 160 valence electrons. The van der Waals surface area contributed by atoms with Crippen molar-refractivity contribution in [2.45, 2.75) is 6.04 Å². The van der Waals surface area contributed by atoms with Crippen molar-refractivity contribution in [1.82, 2.24) is 10.2 Å². The molecule has 0 heterocycles. The molecule has 0 spiro atoms. The van der Waals surface area contributed by atoms with Gasteiger partial charge in [-0.3, -0.25) is 9.59 Å². The summed E-state index contributed by atoms with van der Waals surface area (Å²) < 4.78 is 4.63. The van der Waals surface area contributed by atoms with Gasteiger partial charge in [-0.2, -0.15) is 0 Å². The van der Waals surface area contributed by atoms with Gasteiger partial charge in [-0.25, -0.2) is 4.79 Å². The predicted octanol–water partition coefficient (Wildman–Crippen LogP) is 1.90. The molecule has 0 aliphatic rings. The van der Waals surface area contributed by atoms with Crippen molar-refractivity contribution in [3.63, 3.8) is 0 Å². The highest BCUT2D eigenvalue weighted by Gasteiger charge is 2.19. The fraction of sp³-hybridized carbons (Fsp3) is 0.318. The lowest BCUT2D eigenvalue weighted by Gasteiger charge is -2.25. The number of ether oxygens (including phenoxy) is 1. The van der Waals surface area contributed by atoms with Crippen LogP contribution < -0.4 is 15.5 Å². The van der Waals surface area contributed by atoms with Crippen LogP contribution in [0.15, 0.2) is 48.5 Å². The van der Waals surface area contributed by atoms with Crippen LogP contribution in [0.2, 0.25) is 0 Å². The van der Waals surface area contributed by atoms with Crippen molar-refractivity contribution < 1.29 is 19.1 Å². The number of amides is 2. The molecule has 0 saturated heterocycles. The number of methoxy groups -OCH3 is 1. The van der Waals surface area contributed by atoms with Crippen LogP contribution in [-0.4, -0.2) is 64.5 Å². The first kappa shape index (κ1) is 22.9. The molecule has 2 amide bonds. The van der Waals surface area contributed by atoms with Gasteiger partial charge in [0.15, 0.2) is 0 Å². The van der Waals surface area contributed by atoms with Gasteiger partial charge in [-0.05, 0) is 56.1 Å². The van der Waals surface area contributed by atoms with Gasteiger partial charge in [0.05, 0.1) is 18.7 Å². The molecule has 2 aromatic rings. The third-order valence-electron chi connectivity index (χ3n) is 4.64. The summed E-state index contributed by atoms with van der Waals surface area (Å²) in [6.07, 6.45) is 0. The fourth-order valence-corrected chi connectivity index (χ4v) is 2.86. The lowest BCUT2D eigenvalue weighted by molar-refractivity contribution is -0.136. The Hall–Kier alpha value is -3.39. The first-order chi connectivity index (χ1) is 14.2. The fourth-order valence-electron chi connectivity index (χ4n) is 2.86. The minimum Gasteiger partial charge on any atom is -0.465 e. The van der Waals surface area contributed by atoms with E-state index in [9.17, 15) is 14.4 Å². The average Bonchev–Trinajstić information content (AvgIpc) is 2.73. The summed E-state index contributed by atoms with van der Waals surface area (Å²) in [5.74, 6) is -1.98. The summed E-state index contributed by atoms with van der Waals surface area (Å²) in [7, 11) is 9.07. The number of benzene rings is 2. The van der Waals surface area contributed by atoms with Gasteiger partial charge in [0.25, 0.3) is 0 Å². The van der Waals surface area contributed by atoms with Crippen LogP contribution in [0, 0.1) is 0 Å². The second-order valence-electron chi connectivity index (χ2n) is 7.20. The molecule has 0 fully saturated rings. The van der Waals surface area contributed by atoms with Crippen molar-refractivity contribution >= 4 is 29.2 Å². The molecule has 2 N–H and O–H groups in total. The first-order valence-electron chi connectivity index (χ1n) is 9.44. The number of carbonyl (C=O) groups excluding carboxylic acids is 3. The van der Waals surface area contributed by atoms with Crippen molar-refractivity contribution in [3.05, 3.63) is 59.7 Å². The number of hydrogen-bond acceptors (Lipinski definition) is 6. The Morgan fingerprint density at radius 1 is 0.900 bits per heavy atom. The topological polar surface area (TPSA) is 91.0 Å². The molecule has 0 bridgehead atoms. The molecule has 0 saturated carbocycles. The maximum Gasteiger partial charge on any atom is 0.337 e. The Balaban J connectivity index is 1.96. The van der Waals surface area contributed by atoms with E-state index in [0.29, 0.717) is 11.3 Å². The highest BCUT2D eigenvalue weighted by molar-refractivity contribution is 6.39. The third kappa shape index (κ3) is 6.05. The van der Waals surface area contributed by atoms with E-state index >= 15 is 0 Å². The lowest BCUT2D eigenvalue weighted by Crippen LogP contribution is -2.40. The van der Waals surface area contributed by atoms with E-state index in [-0.39, 0.29) is 12.6 Å². The highest BCUT2D eigenvalue weighted by atomic mass is 16.5. The highest BCUT2D eigenvalue weighted by Crippen LogP contribution is 2.21. The second kappa shape index (κ2) is 10.4. The van der Waals surface area contributed by atoms with Gasteiger partial charge in [0.1, 0.15) is 0 Å². The molecule has 0 radical (unpaired) electrons. The van der Waals surface area contributed by atoms with Gasteiger partial charge < -0.3 is 25.2 Å². The molecule has 8 heteroatoms. The Bertz CT molecular complexity index is 877. The van der Waals surface area contributed by atoms with Crippen LogP contribution in [0.25, 0.3) is 0 Å². The number of rotatable bonds is 7. The molecule has 2 rings (SSSR count). The van der Waals surface area contributed by atoms with Gasteiger partial charge >= 0.3 is 17.8 Å². The number of anilines is 2. The summed E-state index contributed by atoms with van der Waals surface area (Å²) in [5.41, 5.74) is 2.88. The molecule has 0 aliphatic carbocycles. The number of nitrogens with zero attached hydrogens (tertiary/aromatic N) is 2. The molecule has 1 unspecified atom stereocenters. The Morgan fingerprint density at radius 2 is 1.50 bits per heavy atom.